The molecule has 0 bridgehead atoms. The molecule has 2 saturated carbocycles. The number of alkyl carbamates (subject to hydrolysis) is 1. The van der Waals surface area contributed by atoms with E-state index in [-0.39, 0.29) is 47.3 Å². The number of anilines is 2. The highest BCUT2D eigenvalue weighted by molar-refractivity contribution is 6.39. The number of carboxylic acid groups (broad SMARTS) is 1. The molecular weight excluding hydrogens is 658 g/mol. The Hall–Kier alpha value is -3.22. The van der Waals surface area contributed by atoms with Crippen LogP contribution in [0.3, 0.4) is 0 Å². The van der Waals surface area contributed by atoms with Crippen molar-refractivity contribution >= 4 is 57.9 Å². The first-order valence-electron chi connectivity index (χ1n) is 15.7. The fraction of sp³-hybridized carbons (Fsp3) is 0.545. The minimum absolute atomic E-state index is 0.0763. The molecule has 2 heterocycles. The number of nitrogens with zero attached hydrogens (tertiary/aromatic N) is 3. The van der Waals surface area contributed by atoms with E-state index in [4.69, 9.17) is 27.9 Å². The molecule has 3 aliphatic rings. The van der Waals surface area contributed by atoms with Crippen LogP contribution in [0.1, 0.15) is 74.4 Å². The van der Waals surface area contributed by atoms with Crippen LogP contribution in [0.4, 0.5) is 29.6 Å². The average Bonchev–Trinajstić information content (AvgIpc) is 3.41. The lowest BCUT2D eigenvalue weighted by Gasteiger charge is -2.36. The Morgan fingerprint density at radius 2 is 1.83 bits per heavy atom. The predicted molar refractivity (Wildman–Crippen MR) is 174 cm³/mol. The number of piperidine rings is 1. The maximum Gasteiger partial charge on any atom is 0.407 e. The van der Waals surface area contributed by atoms with Gasteiger partial charge in [-0.3, -0.25) is 4.90 Å². The zero-order valence-electron chi connectivity index (χ0n) is 26.6. The van der Waals surface area contributed by atoms with Crippen LogP contribution in [0.2, 0.25) is 10.0 Å². The molecule has 254 valence electrons. The SMILES string of the molecule is Cn1c(Nc2c(Cl)ccc(CNC(=O)OC(C)(C)C)c2Cl)nc2cc(C(=O)O)c([C@]34C[C@@H]3CN(C3CCC(C(F)(F)F)CC3)C4)cc21. The highest BCUT2D eigenvalue weighted by atomic mass is 35.5. The number of halogens is 5. The normalized spacial score (nSPS) is 24.7. The van der Waals surface area contributed by atoms with Crippen molar-refractivity contribution in [2.45, 2.75) is 82.7 Å². The number of fused-ring (bicyclic) bond motifs is 2. The topological polar surface area (TPSA) is 109 Å². The Balaban J connectivity index is 1.24. The molecule has 0 spiro atoms. The molecule has 6 rings (SSSR count). The molecule has 1 aliphatic heterocycles. The van der Waals surface area contributed by atoms with Gasteiger partial charge in [0.15, 0.2) is 0 Å². The lowest BCUT2D eigenvalue weighted by molar-refractivity contribution is -0.184. The number of benzene rings is 2. The Labute approximate surface area is 280 Å². The van der Waals surface area contributed by atoms with Crippen LogP contribution in [0, 0.1) is 11.8 Å². The van der Waals surface area contributed by atoms with E-state index in [2.05, 4.69) is 20.5 Å². The van der Waals surface area contributed by atoms with E-state index in [1.165, 1.54) is 0 Å². The van der Waals surface area contributed by atoms with Gasteiger partial charge in [0, 0.05) is 38.1 Å². The third-order valence-electron chi connectivity index (χ3n) is 9.87. The van der Waals surface area contributed by atoms with Crippen molar-refractivity contribution in [2.75, 3.05) is 18.4 Å². The first-order chi connectivity index (χ1) is 22.0. The van der Waals surface area contributed by atoms with Gasteiger partial charge in [-0.15, -0.1) is 0 Å². The number of carbonyl (C=O) groups is 2. The molecule has 3 fully saturated rings. The molecule has 2 aromatic carbocycles. The minimum atomic E-state index is -4.15. The van der Waals surface area contributed by atoms with Crippen LogP contribution in [-0.4, -0.2) is 62.5 Å². The highest BCUT2D eigenvalue weighted by Gasteiger charge is 2.62. The number of hydrogen-bond donors (Lipinski definition) is 3. The molecule has 1 saturated heterocycles. The summed E-state index contributed by atoms with van der Waals surface area (Å²) in [6.07, 6.45) is -2.63. The van der Waals surface area contributed by atoms with Crippen molar-refractivity contribution < 1.29 is 32.6 Å². The van der Waals surface area contributed by atoms with Gasteiger partial charge in [-0.05, 0) is 88.1 Å². The summed E-state index contributed by atoms with van der Waals surface area (Å²) in [6, 6.07) is 6.91. The number of ether oxygens (including phenoxy) is 1. The molecule has 14 heteroatoms. The van der Waals surface area contributed by atoms with E-state index in [1.807, 2.05) is 10.6 Å². The zero-order valence-corrected chi connectivity index (χ0v) is 28.1. The van der Waals surface area contributed by atoms with Crippen molar-refractivity contribution in [3.8, 4) is 0 Å². The van der Waals surface area contributed by atoms with E-state index in [0.717, 1.165) is 18.5 Å². The number of rotatable bonds is 7. The molecule has 1 aromatic heterocycles. The second kappa shape index (κ2) is 12.0. The van der Waals surface area contributed by atoms with Gasteiger partial charge in [-0.1, -0.05) is 29.3 Å². The fourth-order valence-corrected chi connectivity index (χ4v) is 7.90. The number of likely N-dealkylation sites (tertiary alicyclic amines) is 1. The Morgan fingerprint density at radius 3 is 2.47 bits per heavy atom. The second-order valence-corrected chi connectivity index (χ2v) is 14.9. The standard InChI is InChI=1S/C33H38Cl2F3N5O4/c1-31(2,3)47-30(46)39-14-17-5-10-23(34)27(26(17)35)41-29-40-24-11-21(28(44)45)22(12-25(24)42(29)4)32-13-19(32)15-43(16-32)20-8-6-18(7-9-20)33(36,37)38/h5,10-12,18-20H,6-9,13-16H2,1-4H3,(H,39,46)(H,40,41)(H,44,45)/t18?,19-,20?,32+/m1/s1. The number of carboxylic acids is 1. The van der Waals surface area contributed by atoms with Gasteiger partial charge in [0.05, 0.1) is 38.2 Å². The van der Waals surface area contributed by atoms with Crippen molar-refractivity contribution in [3.05, 3.63) is 51.0 Å². The Bertz CT molecular complexity index is 1730. The van der Waals surface area contributed by atoms with Crippen LogP contribution < -0.4 is 10.6 Å². The lowest BCUT2D eigenvalue weighted by Crippen LogP contribution is -2.41. The third kappa shape index (κ3) is 6.61. The molecule has 47 heavy (non-hydrogen) atoms. The maximum absolute atomic E-state index is 13.2. The largest absolute Gasteiger partial charge is 0.478 e. The van der Waals surface area contributed by atoms with Crippen molar-refractivity contribution in [2.24, 2.45) is 18.9 Å². The molecule has 2 aliphatic carbocycles. The zero-order chi connectivity index (χ0) is 34.1. The Morgan fingerprint density at radius 1 is 1.13 bits per heavy atom. The molecule has 0 radical (unpaired) electrons. The van der Waals surface area contributed by atoms with E-state index in [1.54, 1.807) is 46.0 Å². The number of carbonyl (C=O) groups excluding carboxylic acids is 1. The third-order valence-corrected chi connectivity index (χ3v) is 10.6. The monoisotopic (exact) mass is 695 g/mol. The number of nitrogens with one attached hydrogen (secondary N) is 2. The highest BCUT2D eigenvalue weighted by Crippen LogP contribution is 2.61. The summed E-state index contributed by atoms with van der Waals surface area (Å²) in [7, 11) is 1.81. The van der Waals surface area contributed by atoms with Gasteiger partial charge in [0.25, 0.3) is 0 Å². The number of hydrogen-bond acceptors (Lipinski definition) is 6. The van der Waals surface area contributed by atoms with E-state index in [9.17, 15) is 27.9 Å². The van der Waals surface area contributed by atoms with Gasteiger partial charge in [-0.2, -0.15) is 13.2 Å². The molecule has 0 unspecified atom stereocenters. The van der Waals surface area contributed by atoms with E-state index in [0.29, 0.717) is 52.6 Å². The Kier molecular flexibility index (Phi) is 8.62. The van der Waals surface area contributed by atoms with E-state index < -0.39 is 29.8 Å². The summed E-state index contributed by atoms with van der Waals surface area (Å²) in [6.45, 7) is 6.78. The predicted octanol–water partition coefficient (Wildman–Crippen LogP) is 8.04. The van der Waals surface area contributed by atoms with Gasteiger partial charge in [-0.25, -0.2) is 14.6 Å². The number of alkyl halides is 3. The summed E-state index contributed by atoms with van der Waals surface area (Å²) in [5.74, 6) is -1.66. The second-order valence-electron chi connectivity index (χ2n) is 14.1. The fourth-order valence-electron chi connectivity index (χ4n) is 7.36. The van der Waals surface area contributed by atoms with Crippen LogP contribution in [-0.2, 0) is 23.7 Å². The number of aromatic carboxylic acids is 1. The smallest absolute Gasteiger partial charge is 0.407 e. The first-order valence-corrected chi connectivity index (χ1v) is 16.5. The van der Waals surface area contributed by atoms with Crippen molar-refractivity contribution in [1.29, 1.82) is 0 Å². The number of amides is 1. The summed E-state index contributed by atoms with van der Waals surface area (Å²) >= 11 is 13.3. The molecule has 3 aromatic rings. The van der Waals surface area contributed by atoms with Gasteiger partial charge in [0.2, 0.25) is 5.95 Å². The lowest BCUT2D eigenvalue weighted by atomic mass is 9.84. The summed E-state index contributed by atoms with van der Waals surface area (Å²) in [5, 5.41) is 16.7. The van der Waals surface area contributed by atoms with Crippen LogP contribution >= 0.6 is 23.2 Å². The van der Waals surface area contributed by atoms with Crippen molar-refractivity contribution in [3.63, 3.8) is 0 Å². The number of aromatic nitrogens is 2. The van der Waals surface area contributed by atoms with Gasteiger partial charge >= 0.3 is 18.2 Å². The quantitative estimate of drug-likeness (QED) is 0.230. The minimum Gasteiger partial charge on any atom is -0.478 e. The van der Waals surface area contributed by atoms with Gasteiger partial charge < -0.3 is 25.0 Å². The molecule has 3 N–H and O–H groups in total. The van der Waals surface area contributed by atoms with E-state index >= 15 is 0 Å². The maximum atomic E-state index is 13.2. The van der Waals surface area contributed by atoms with Gasteiger partial charge in [0.1, 0.15) is 5.60 Å². The first kappa shape index (κ1) is 33.7. The molecule has 9 nitrogen and oxygen atoms in total. The molecule has 1 amide bonds. The summed E-state index contributed by atoms with van der Waals surface area (Å²) < 4.78 is 46.9. The number of aryl methyl sites for hydroxylation is 1. The summed E-state index contributed by atoms with van der Waals surface area (Å²) in [4.78, 5) is 31.7. The summed E-state index contributed by atoms with van der Waals surface area (Å²) in [5.41, 5.74) is 2.05. The molecular formula is C33H38Cl2F3N5O4. The van der Waals surface area contributed by atoms with Crippen LogP contribution in [0.5, 0.6) is 0 Å². The van der Waals surface area contributed by atoms with Crippen LogP contribution in [0.15, 0.2) is 24.3 Å². The number of imidazole rings is 1. The average molecular weight is 697 g/mol. The molecule has 2 atom stereocenters. The van der Waals surface area contributed by atoms with Crippen molar-refractivity contribution in [1.82, 2.24) is 19.8 Å². The van der Waals surface area contributed by atoms with Crippen LogP contribution in [0.25, 0.3) is 11.0 Å².